The fourth-order valence-electron chi connectivity index (χ4n) is 4.94. The molecule has 1 aliphatic heterocycles. The largest absolute Gasteiger partial charge is 0.480 e. The van der Waals surface area contributed by atoms with Crippen LogP contribution in [0.5, 0.6) is 5.88 Å². The summed E-state index contributed by atoms with van der Waals surface area (Å²) in [5.41, 5.74) is 1.43. The standard InChI is InChI=1S/C31H40N8O5/c1-19-9-10-21(27(33-19)42-8)23-17-24(36-39(23)29(41)44-31(5,6)7)34-25-18-32-22-13-16-38(26(22)35-25)20-11-14-37(15-12-20)28(40)43-30(2,3)4/h9-10,13,16-18,20H,11-12,14-15H2,1-8H3,(H,34,35,36)/i13D. The van der Waals surface area contributed by atoms with Crippen LogP contribution in [0.15, 0.2) is 36.6 Å². The van der Waals surface area contributed by atoms with Crippen molar-refractivity contribution in [3.63, 3.8) is 0 Å². The van der Waals surface area contributed by atoms with Gasteiger partial charge in [-0.15, -0.1) is 5.10 Å². The van der Waals surface area contributed by atoms with Gasteiger partial charge in [-0.05, 0) is 79.5 Å². The van der Waals surface area contributed by atoms with Crippen LogP contribution >= 0.6 is 0 Å². The van der Waals surface area contributed by atoms with Gasteiger partial charge in [-0.25, -0.2) is 24.5 Å². The number of nitrogens with zero attached hydrogens (tertiary/aromatic N) is 7. The second-order valence-electron chi connectivity index (χ2n) is 12.7. The number of methoxy groups -OCH3 is 1. The Hall–Kier alpha value is -4.68. The number of anilines is 2. The van der Waals surface area contributed by atoms with Gasteiger partial charge >= 0.3 is 12.2 Å². The molecule has 0 unspecified atom stereocenters. The highest BCUT2D eigenvalue weighted by atomic mass is 16.6. The fourth-order valence-corrected chi connectivity index (χ4v) is 4.94. The van der Waals surface area contributed by atoms with Crippen LogP contribution in [-0.2, 0) is 9.47 Å². The summed E-state index contributed by atoms with van der Waals surface area (Å²) < 4.78 is 28.3. The number of nitrogens with one attached hydrogen (secondary N) is 1. The third-order valence-electron chi connectivity index (χ3n) is 6.85. The number of hydrogen-bond acceptors (Lipinski definition) is 10. The maximum Gasteiger partial charge on any atom is 0.435 e. The van der Waals surface area contributed by atoms with Crippen molar-refractivity contribution in [3.8, 4) is 17.1 Å². The van der Waals surface area contributed by atoms with Crippen molar-refractivity contribution in [1.29, 1.82) is 0 Å². The normalized spacial score (nSPS) is 14.8. The van der Waals surface area contributed by atoms with E-state index in [1.807, 2.05) is 44.4 Å². The molecule has 1 aliphatic rings. The summed E-state index contributed by atoms with van der Waals surface area (Å²) in [4.78, 5) is 41.2. The number of ether oxygens (including phenoxy) is 3. The van der Waals surface area contributed by atoms with Crippen molar-refractivity contribution in [3.05, 3.63) is 42.3 Å². The van der Waals surface area contributed by atoms with E-state index in [1.54, 1.807) is 37.9 Å². The number of piperidine rings is 1. The van der Waals surface area contributed by atoms with Crippen molar-refractivity contribution in [2.24, 2.45) is 0 Å². The zero-order valence-corrected chi connectivity index (χ0v) is 26.5. The van der Waals surface area contributed by atoms with Crippen molar-refractivity contribution in [2.45, 2.75) is 78.6 Å². The van der Waals surface area contributed by atoms with Gasteiger partial charge in [-0.1, -0.05) is 0 Å². The number of aryl methyl sites for hydroxylation is 1. The molecule has 0 spiro atoms. The highest BCUT2D eigenvalue weighted by molar-refractivity contribution is 5.81. The smallest absolute Gasteiger partial charge is 0.435 e. The number of hydrogen-bond donors (Lipinski definition) is 1. The summed E-state index contributed by atoms with van der Waals surface area (Å²) in [6.07, 6.45) is 3.62. The Morgan fingerprint density at radius 2 is 1.68 bits per heavy atom. The van der Waals surface area contributed by atoms with Gasteiger partial charge in [0.25, 0.3) is 0 Å². The highest BCUT2D eigenvalue weighted by Gasteiger charge is 2.29. The van der Waals surface area contributed by atoms with E-state index in [0.29, 0.717) is 65.9 Å². The molecular formula is C31H40N8O5. The Bertz CT molecular complexity index is 1730. The van der Waals surface area contributed by atoms with Crippen molar-refractivity contribution in [1.82, 2.24) is 34.2 Å². The molecule has 1 fully saturated rings. The van der Waals surface area contributed by atoms with Crippen molar-refractivity contribution in [2.75, 3.05) is 25.5 Å². The first-order valence-corrected chi connectivity index (χ1v) is 14.6. The van der Waals surface area contributed by atoms with E-state index >= 15 is 0 Å². The third-order valence-corrected chi connectivity index (χ3v) is 6.85. The van der Waals surface area contributed by atoms with Crippen LogP contribution in [0.2, 0.25) is 0 Å². The first-order valence-electron chi connectivity index (χ1n) is 15.1. The van der Waals surface area contributed by atoms with Gasteiger partial charge < -0.3 is 29.0 Å². The lowest BCUT2D eigenvalue weighted by molar-refractivity contribution is 0.0189. The SMILES string of the molecule is [2H]c1cn(C2CCN(C(=O)OC(C)(C)C)CC2)c2nc(Nc3cc(-c4ccc(C)nc4OC)n(C(=O)OC(C)(C)C)n3)cnc12. The van der Waals surface area contributed by atoms with Crippen LogP contribution < -0.4 is 10.1 Å². The second-order valence-corrected chi connectivity index (χ2v) is 12.7. The maximum atomic E-state index is 13.2. The summed E-state index contributed by atoms with van der Waals surface area (Å²) >= 11 is 0. The van der Waals surface area contributed by atoms with E-state index in [0.717, 1.165) is 10.4 Å². The predicted octanol–water partition coefficient (Wildman–Crippen LogP) is 6.11. The molecule has 0 radical (unpaired) electrons. The first-order chi connectivity index (χ1) is 21.1. The molecule has 0 saturated carbocycles. The van der Waals surface area contributed by atoms with Gasteiger partial charge in [0.2, 0.25) is 5.88 Å². The summed E-state index contributed by atoms with van der Waals surface area (Å²) in [5, 5.41) is 7.66. The monoisotopic (exact) mass is 605 g/mol. The Balaban J connectivity index is 1.43. The van der Waals surface area contributed by atoms with Crippen LogP contribution in [0.4, 0.5) is 21.2 Å². The van der Waals surface area contributed by atoms with Crippen LogP contribution in [0.1, 0.15) is 67.5 Å². The Kier molecular flexibility index (Phi) is 7.87. The van der Waals surface area contributed by atoms with E-state index in [-0.39, 0.29) is 18.2 Å². The average molecular weight is 606 g/mol. The molecule has 0 aliphatic carbocycles. The zero-order valence-electron chi connectivity index (χ0n) is 27.5. The Morgan fingerprint density at radius 1 is 1.00 bits per heavy atom. The number of pyridine rings is 1. The molecule has 5 rings (SSSR count). The van der Waals surface area contributed by atoms with Crippen molar-refractivity contribution >= 4 is 35.0 Å². The number of fused-ring (bicyclic) bond motifs is 1. The van der Waals surface area contributed by atoms with Crippen molar-refractivity contribution < 1.29 is 25.2 Å². The van der Waals surface area contributed by atoms with Gasteiger partial charge in [0, 0.05) is 37.1 Å². The predicted molar refractivity (Wildman–Crippen MR) is 165 cm³/mol. The maximum absolute atomic E-state index is 13.2. The molecule has 1 N–H and O–H groups in total. The summed E-state index contributed by atoms with van der Waals surface area (Å²) in [7, 11) is 1.51. The Labute approximate surface area is 257 Å². The van der Waals surface area contributed by atoms with Gasteiger partial charge in [0.05, 0.1) is 25.9 Å². The number of carbonyl (C=O) groups excluding carboxylic acids is 2. The van der Waals surface area contributed by atoms with E-state index in [9.17, 15) is 9.59 Å². The van der Waals surface area contributed by atoms with Gasteiger partial charge in [0.15, 0.2) is 17.3 Å². The lowest BCUT2D eigenvalue weighted by Gasteiger charge is -2.34. The zero-order chi connectivity index (χ0) is 32.7. The second kappa shape index (κ2) is 11.8. The molecule has 1 saturated heterocycles. The quantitative estimate of drug-likeness (QED) is 0.284. The minimum Gasteiger partial charge on any atom is -0.480 e. The van der Waals surface area contributed by atoms with Crippen LogP contribution in [0.25, 0.3) is 22.4 Å². The molecule has 44 heavy (non-hydrogen) atoms. The molecule has 5 heterocycles. The molecular weight excluding hydrogens is 564 g/mol. The van der Waals surface area contributed by atoms with E-state index < -0.39 is 17.3 Å². The summed E-state index contributed by atoms with van der Waals surface area (Å²) in [5.74, 6) is 1.04. The first kappa shape index (κ1) is 29.4. The highest BCUT2D eigenvalue weighted by Crippen LogP contribution is 2.32. The van der Waals surface area contributed by atoms with Crippen LogP contribution in [-0.4, -0.2) is 77.8 Å². The molecule has 13 nitrogen and oxygen atoms in total. The molecule has 13 heteroatoms. The minimum atomic E-state index is -0.748. The topological polar surface area (TPSA) is 139 Å². The molecule has 0 aromatic carbocycles. The molecule has 1 amide bonds. The van der Waals surface area contributed by atoms with E-state index in [4.69, 9.17) is 20.6 Å². The lowest BCUT2D eigenvalue weighted by atomic mass is 10.1. The van der Waals surface area contributed by atoms with Gasteiger partial charge in [0.1, 0.15) is 16.7 Å². The summed E-state index contributed by atoms with van der Waals surface area (Å²) in [6, 6.07) is 5.60. The molecule has 0 bridgehead atoms. The number of likely N-dealkylation sites (tertiary alicyclic amines) is 1. The minimum absolute atomic E-state index is 0.0225. The van der Waals surface area contributed by atoms with Gasteiger partial charge in [-0.3, -0.25) is 0 Å². The molecule has 234 valence electrons. The van der Waals surface area contributed by atoms with E-state index in [1.165, 1.54) is 13.3 Å². The number of rotatable bonds is 5. The van der Waals surface area contributed by atoms with E-state index in [2.05, 4.69) is 20.4 Å². The number of amides is 1. The third kappa shape index (κ3) is 6.92. The van der Waals surface area contributed by atoms with Crippen LogP contribution in [0.3, 0.4) is 0 Å². The van der Waals surface area contributed by atoms with Crippen LogP contribution in [0, 0.1) is 6.92 Å². The lowest BCUT2D eigenvalue weighted by Crippen LogP contribution is -2.42. The number of aromatic nitrogens is 6. The number of carbonyl (C=O) groups is 2. The molecule has 4 aromatic heterocycles. The molecule has 4 aromatic rings. The molecule has 0 atom stereocenters. The fraction of sp³-hybridized carbons (Fsp3) is 0.484. The summed E-state index contributed by atoms with van der Waals surface area (Å²) in [6.45, 7) is 13.8. The average Bonchev–Trinajstić information content (AvgIpc) is 3.52. The Morgan fingerprint density at radius 3 is 2.34 bits per heavy atom. The van der Waals surface area contributed by atoms with Gasteiger partial charge in [-0.2, -0.15) is 4.68 Å².